The van der Waals surface area contributed by atoms with Crippen LogP contribution in [-0.2, 0) is 41.5 Å². The minimum absolute atomic E-state index is 0. The van der Waals surface area contributed by atoms with Gasteiger partial charge in [0.05, 0.1) is 0 Å². The smallest absolute Gasteiger partial charge is 1.00 e. The second kappa shape index (κ2) is 14.9. The molecule has 0 amide bonds. The Bertz CT molecular complexity index is 1860. The van der Waals surface area contributed by atoms with Crippen molar-refractivity contribution in [3.63, 3.8) is 0 Å². The van der Waals surface area contributed by atoms with Crippen molar-refractivity contribution in [1.29, 1.82) is 0 Å². The van der Waals surface area contributed by atoms with Crippen molar-refractivity contribution in [3.8, 4) is 11.1 Å². The van der Waals surface area contributed by atoms with E-state index in [0.717, 1.165) is 6.42 Å². The molecular weight excluding hydrogens is 703 g/mol. The molecule has 5 aromatic carbocycles. The summed E-state index contributed by atoms with van der Waals surface area (Å²) in [7, 11) is 0. The summed E-state index contributed by atoms with van der Waals surface area (Å²) in [5, 5.41) is 0. The summed E-state index contributed by atoms with van der Waals surface area (Å²) in [6.07, 6.45) is 11.4. The first-order chi connectivity index (χ1) is 21.8. The SMILES string of the molecule is CC1(C)[C-]=Cc2cc3c(cc21)Cc1cc2c(cc1-3)C=CC2(C)C.Cc1c[cH-]c(C)c1.Cc1ccc([C](=[Zr+2])c2ccc(C)cc2)cc1.[Cl-].[Cl-]. The fourth-order valence-electron chi connectivity index (χ4n) is 6.73. The number of allylic oxidation sites excluding steroid dienone is 2. The molecule has 0 radical (unpaired) electrons. The molecule has 5 aromatic rings. The Kier molecular flexibility index (Phi) is 11.7. The normalized spacial score (nSPS) is 14.5. The Morgan fingerprint density at radius 1 is 0.667 bits per heavy atom. The summed E-state index contributed by atoms with van der Waals surface area (Å²) in [5.41, 5.74) is 19.7. The standard InChI is InChI=1S/C23H21.C15H14.C7H9.2ClH.Zr/c1-22(2)7-5-14-10-18-16(12-20(14)22)9-17-13-21-15(11-19(17)18)6-8-23(21,3)4;1-12-3-7-14(8-4-12)11-15-9-5-13(2)6-10-15;1-6-3-4-7(2)5-6;;;/h5-7,10-13H,9H2,1-4H3;3-10H,1-2H3;3-5H,1-2H3;2*1H;/q-1;;-1;;;+2/p-2. The molecule has 0 nitrogen and oxygen atoms in total. The molecule has 8 rings (SSSR count). The van der Waals surface area contributed by atoms with E-state index in [1.807, 2.05) is 0 Å². The van der Waals surface area contributed by atoms with Crippen LogP contribution in [0.3, 0.4) is 0 Å². The van der Waals surface area contributed by atoms with Crippen molar-refractivity contribution in [1.82, 2.24) is 0 Å². The van der Waals surface area contributed by atoms with E-state index in [0.29, 0.717) is 0 Å². The van der Waals surface area contributed by atoms with E-state index in [2.05, 4.69) is 171 Å². The molecule has 3 heteroatoms. The molecule has 3 aliphatic carbocycles. The van der Waals surface area contributed by atoms with Gasteiger partial charge < -0.3 is 24.8 Å². The van der Waals surface area contributed by atoms with E-state index in [-0.39, 0.29) is 35.6 Å². The van der Waals surface area contributed by atoms with E-state index < -0.39 is 0 Å². The van der Waals surface area contributed by atoms with Crippen molar-refractivity contribution >= 4 is 15.4 Å². The van der Waals surface area contributed by atoms with Crippen molar-refractivity contribution in [2.75, 3.05) is 0 Å². The van der Waals surface area contributed by atoms with E-state index in [1.165, 1.54) is 105 Å². The molecule has 0 aromatic heterocycles. The second-order valence-corrected chi connectivity index (χ2v) is 15.6. The molecule has 0 heterocycles. The molecule has 0 spiro atoms. The van der Waals surface area contributed by atoms with Crippen molar-refractivity contribution in [3.05, 3.63) is 170 Å². The first-order valence-corrected chi connectivity index (χ1v) is 17.6. The molecular formula is C45H44Cl2Zr-2. The van der Waals surface area contributed by atoms with Crippen molar-refractivity contribution < 1.29 is 49.0 Å². The van der Waals surface area contributed by atoms with Crippen molar-refractivity contribution in [2.24, 2.45) is 0 Å². The maximum Gasteiger partial charge on any atom is -1.00 e. The van der Waals surface area contributed by atoms with Crippen LogP contribution in [0.4, 0.5) is 0 Å². The van der Waals surface area contributed by atoms with Gasteiger partial charge in [0, 0.05) is 5.41 Å². The molecule has 244 valence electrons. The molecule has 3 aliphatic rings. The number of benzene rings is 4. The van der Waals surface area contributed by atoms with E-state index in [1.54, 1.807) is 0 Å². The van der Waals surface area contributed by atoms with Gasteiger partial charge in [0.2, 0.25) is 0 Å². The van der Waals surface area contributed by atoms with Gasteiger partial charge in [0.15, 0.2) is 0 Å². The van der Waals surface area contributed by atoms with Crippen LogP contribution in [0.5, 0.6) is 0 Å². The van der Waals surface area contributed by atoms with Crippen LogP contribution in [0.25, 0.3) is 23.3 Å². The number of rotatable bonds is 2. The summed E-state index contributed by atoms with van der Waals surface area (Å²) in [6.45, 7) is 17.6. The van der Waals surface area contributed by atoms with Gasteiger partial charge in [-0.15, -0.1) is 11.6 Å². The first kappa shape index (κ1) is 37.9. The van der Waals surface area contributed by atoms with Crippen LogP contribution in [-0.4, -0.2) is 3.21 Å². The zero-order valence-corrected chi connectivity index (χ0v) is 33.3. The third-order valence-corrected chi connectivity index (χ3v) is 11.0. The van der Waals surface area contributed by atoms with Crippen LogP contribution >= 0.6 is 0 Å². The van der Waals surface area contributed by atoms with Gasteiger partial charge >= 0.3 is 112 Å². The summed E-state index contributed by atoms with van der Waals surface area (Å²) in [5.74, 6) is 0. The Hall–Kier alpha value is -2.96. The third-order valence-electron chi connectivity index (χ3n) is 9.60. The average Bonchev–Trinajstić information content (AvgIpc) is 3.75. The van der Waals surface area contributed by atoms with E-state index in [4.69, 9.17) is 0 Å². The minimum atomic E-state index is 0. The average molecular weight is 747 g/mol. The van der Waals surface area contributed by atoms with Crippen LogP contribution in [0, 0.1) is 33.8 Å². The van der Waals surface area contributed by atoms with Crippen LogP contribution in [0.15, 0.2) is 97.1 Å². The number of halogens is 2. The Morgan fingerprint density at radius 3 is 1.67 bits per heavy atom. The van der Waals surface area contributed by atoms with Gasteiger partial charge in [-0.25, -0.2) is 17.7 Å². The molecule has 0 saturated heterocycles. The third kappa shape index (κ3) is 7.92. The summed E-state index contributed by atoms with van der Waals surface area (Å²) < 4.78 is 1.42. The molecule has 0 N–H and O–H groups in total. The summed E-state index contributed by atoms with van der Waals surface area (Å²) in [6, 6.07) is 33.6. The maximum absolute atomic E-state index is 3.50. The number of fused-ring (bicyclic) bond motifs is 5. The van der Waals surface area contributed by atoms with E-state index >= 15 is 0 Å². The van der Waals surface area contributed by atoms with E-state index in [9.17, 15) is 0 Å². The quantitative estimate of drug-likeness (QED) is 0.216. The Balaban J connectivity index is 0.000000182. The molecule has 0 fully saturated rings. The molecule has 0 bridgehead atoms. The first-order valence-electron chi connectivity index (χ1n) is 16.4. The predicted octanol–water partition coefficient (Wildman–Crippen LogP) is 5.12. The van der Waals surface area contributed by atoms with Gasteiger partial charge in [-0.3, -0.25) is 6.08 Å². The molecule has 48 heavy (non-hydrogen) atoms. The fourth-order valence-corrected chi connectivity index (χ4v) is 7.55. The molecule has 0 saturated carbocycles. The van der Waals surface area contributed by atoms with Gasteiger partial charge in [-0.1, -0.05) is 71.2 Å². The van der Waals surface area contributed by atoms with Crippen molar-refractivity contribution in [2.45, 2.75) is 72.6 Å². The zero-order valence-electron chi connectivity index (χ0n) is 29.4. The topological polar surface area (TPSA) is 0 Å². The summed E-state index contributed by atoms with van der Waals surface area (Å²) >= 11 is 1.46. The zero-order chi connectivity index (χ0) is 32.8. The molecule has 0 aliphatic heterocycles. The van der Waals surface area contributed by atoms with Crippen LogP contribution < -0.4 is 24.8 Å². The van der Waals surface area contributed by atoms with Gasteiger partial charge in [-0.05, 0) is 45.9 Å². The minimum Gasteiger partial charge on any atom is -1.00 e. The number of aryl methyl sites for hydroxylation is 4. The van der Waals surface area contributed by atoms with Crippen LogP contribution in [0.1, 0.15) is 94.5 Å². The number of hydrogen-bond donors (Lipinski definition) is 0. The maximum atomic E-state index is 3.50. The van der Waals surface area contributed by atoms with Gasteiger partial charge in [0.25, 0.3) is 0 Å². The fraction of sp³-hybridized carbons (Fsp3) is 0.244. The summed E-state index contributed by atoms with van der Waals surface area (Å²) in [4.78, 5) is 0. The largest absolute Gasteiger partial charge is 1.00 e. The molecule has 0 unspecified atom stereocenters. The van der Waals surface area contributed by atoms with Gasteiger partial charge in [0.1, 0.15) is 0 Å². The van der Waals surface area contributed by atoms with Gasteiger partial charge in [-0.2, -0.15) is 23.3 Å². The Labute approximate surface area is 315 Å². The van der Waals surface area contributed by atoms with Crippen LogP contribution in [0.2, 0.25) is 0 Å². The monoisotopic (exact) mass is 744 g/mol. The number of hydrogen-bond acceptors (Lipinski definition) is 0. The second-order valence-electron chi connectivity index (χ2n) is 14.4. The molecule has 0 atom stereocenters. The Morgan fingerprint density at radius 2 is 1.19 bits per heavy atom. The predicted molar refractivity (Wildman–Crippen MR) is 195 cm³/mol.